The Balaban J connectivity index is 1.74. The second-order valence-electron chi connectivity index (χ2n) is 5.64. The molecule has 1 aromatic rings. The van der Waals surface area contributed by atoms with Crippen molar-refractivity contribution in [2.24, 2.45) is 5.92 Å². The molecule has 1 unspecified atom stereocenters. The molecule has 0 aliphatic carbocycles. The molecule has 1 fully saturated rings. The van der Waals surface area contributed by atoms with Gasteiger partial charge in [0.05, 0.1) is 12.2 Å². The Labute approximate surface area is 116 Å². The number of aromatic nitrogens is 1. The predicted octanol–water partition coefficient (Wildman–Crippen LogP) is 2.80. The van der Waals surface area contributed by atoms with Crippen LogP contribution in [0.2, 0.25) is 0 Å². The third-order valence-corrected chi connectivity index (χ3v) is 3.79. The highest BCUT2D eigenvalue weighted by atomic mass is 16.5. The van der Waals surface area contributed by atoms with Crippen molar-refractivity contribution >= 4 is 0 Å². The van der Waals surface area contributed by atoms with E-state index in [9.17, 15) is 0 Å². The fourth-order valence-electron chi connectivity index (χ4n) is 2.83. The third kappa shape index (κ3) is 4.62. The van der Waals surface area contributed by atoms with Gasteiger partial charge >= 0.3 is 0 Å². The van der Waals surface area contributed by atoms with Gasteiger partial charge in [-0.2, -0.15) is 0 Å². The number of hydrogen-bond acceptors (Lipinski definition) is 4. The Morgan fingerprint density at radius 1 is 1.42 bits per heavy atom. The fraction of sp³-hybridized carbons (Fsp3) is 0.800. The molecule has 1 saturated heterocycles. The van der Waals surface area contributed by atoms with Crippen molar-refractivity contribution in [2.75, 3.05) is 19.6 Å². The lowest BCUT2D eigenvalue weighted by atomic mass is 10.0. The summed E-state index contributed by atoms with van der Waals surface area (Å²) in [6.07, 6.45) is 5.15. The molecule has 0 amide bonds. The summed E-state index contributed by atoms with van der Waals surface area (Å²) in [5, 5.41) is 7.47. The molecule has 1 aliphatic heterocycles. The highest BCUT2D eigenvalue weighted by Crippen LogP contribution is 2.22. The van der Waals surface area contributed by atoms with Gasteiger partial charge in [-0.3, -0.25) is 4.90 Å². The molecule has 1 aromatic heterocycles. The van der Waals surface area contributed by atoms with Gasteiger partial charge in [-0.25, -0.2) is 0 Å². The zero-order valence-corrected chi connectivity index (χ0v) is 12.3. The van der Waals surface area contributed by atoms with Crippen LogP contribution in [0.3, 0.4) is 0 Å². The van der Waals surface area contributed by atoms with Gasteiger partial charge < -0.3 is 9.84 Å². The van der Waals surface area contributed by atoms with Crippen molar-refractivity contribution in [1.29, 1.82) is 0 Å². The highest BCUT2D eigenvalue weighted by molar-refractivity contribution is 5.05. The first-order valence-corrected chi connectivity index (χ1v) is 7.69. The number of nitrogens with one attached hydrogen (secondary N) is 1. The first-order valence-electron chi connectivity index (χ1n) is 7.69. The van der Waals surface area contributed by atoms with Gasteiger partial charge in [-0.1, -0.05) is 25.4 Å². The Morgan fingerprint density at radius 3 is 3.11 bits per heavy atom. The molecule has 2 rings (SSSR count). The maximum atomic E-state index is 5.42. The minimum Gasteiger partial charge on any atom is -0.360 e. The van der Waals surface area contributed by atoms with Crippen LogP contribution in [0.25, 0.3) is 0 Å². The monoisotopic (exact) mass is 265 g/mol. The molecule has 4 heteroatoms. The molecular formula is C15H27N3O. The van der Waals surface area contributed by atoms with Gasteiger partial charge in [0.1, 0.15) is 0 Å². The second-order valence-corrected chi connectivity index (χ2v) is 5.64. The van der Waals surface area contributed by atoms with Crippen molar-refractivity contribution in [3.05, 3.63) is 17.5 Å². The van der Waals surface area contributed by atoms with Crippen molar-refractivity contribution in [1.82, 2.24) is 15.4 Å². The standard InChI is InChI=1S/C15H27N3O/c1-3-5-13-6-8-18(11-13)12-15-9-14(17-19-15)10-16-7-4-2/h9,13,16H,3-8,10-12H2,1-2H3. The van der Waals surface area contributed by atoms with Crippen LogP contribution in [0.4, 0.5) is 0 Å². The summed E-state index contributed by atoms with van der Waals surface area (Å²) in [5.74, 6) is 1.89. The van der Waals surface area contributed by atoms with E-state index in [1.54, 1.807) is 0 Å². The molecule has 1 atom stereocenters. The molecular weight excluding hydrogens is 238 g/mol. The van der Waals surface area contributed by atoms with E-state index in [1.165, 1.54) is 32.4 Å². The molecule has 0 aromatic carbocycles. The quantitative estimate of drug-likeness (QED) is 0.734. The van der Waals surface area contributed by atoms with Crippen molar-refractivity contribution in [3.63, 3.8) is 0 Å². The predicted molar refractivity (Wildman–Crippen MR) is 76.8 cm³/mol. The summed E-state index contributed by atoms with van der Waals surface area (Å²) in [6.45, 7) is 9.63. The molecule has 4 nitrogen and oxygen atoms in total. The third-order valence-electron chi connectivity index (χ3n) is 3.79. The smallest absolute Gasteiger partial charge is 0.151 e. The zero-order chi connectivity index (χ0) is 13.5. The van der Waals surface area contributed by atoms with E-state index in [2.05, 4.69) is 35.3 Å². The number of likely N-dealkylation sites (tertiary alicyclic amines) is 1. The summed E-state index contributed by atoms with van der Waals surface area (Å²) in [7, 11) is 0. The van der Waals surface area contributed by atoms with E-state index < -0.39 is 0 Å². The molecule has 108 valence electrons. The van der Waals surface area contributed by atoms with Crippen molar-refractivity contribution < 1.29 is 4.52 Å². The average molecular weight is 265 g/mol. The topological polar surface area (TPSA) is 41.3 Å². The summed E-state index contributed by atoms with van der Waals surface area (Å²) < 4.78 is 5.42. The van der Waals surface area contributed by atoms with E-state index in [0.29, 0.717) is 0 Å². The minimum absolute atomic E-state index is 0.815. The van der Waals surface area contributed by atoms with Crippen LogP contribution in [0.15, 0.2) is 10.6 Å². The molecule has 0 bridgehead atoms. The zero-order valence-electron chi connectivity index (χ0n) is 12.3. The maximum absolute atomic E-state index is 5.42. The second kappa shape index (κ2) is 7.65. The van der Waals surface area contributed by atoms with E-state index >= 15 is 0 Å². The summed E-state index contributed by atoms with van der Waals surface area (Å²) in [6, 6.07) is 2.09. The Hall–Kier alpha value is -0.870. The van der Waals surface area contributed by atoms with Gasteiger partial charge in [0.25, 0.3) is 0 Å². The lowest BCUT2D eigenvalue weighted by molar-refractivity contribution is 0.263. The highest BCUT2D eigenvalue weighted by Gasteiger charge is 2.22. The first-order chi connectivity index (χ1) is 9.31. The Kier molecular flexibility index (Phi) is 5.86. The van der Waals surface area contributed by atoms with Crippen LogP contribution in [-0.4, -0.2) is 29.7 Å². The summed E-state index contributed by atoms with van der Waals surface area (Å²) >= 11 is 0. The van der Waals surface area contributed by atoms with E-state index in [-0.39, 0.29) is 0 Å². The Morgan fingerprint density at radius 2 is 2.32 bits per heavy atom. The normalized spacial score (nSPS) is 20.2. The van der Waals surface area contributed by atoms with Gasteiger partial charge in [-0.15, -0.1) is 0 Å². The molecule has 0 spiro atoms. The average Bonchev–Trinajstić information content (AvgIpc) is 3.01. The van der Waals surface area contributed by atoms with Gasteiger partial charge in [0.15, 0.2) is 5.76 Å². The largest absolute Gasteiger partial charge is 0.360 e. The van der Waals surface area contributed by atoms with Crippen LogP contribution < -0.4 is 5.32 Å². The SMILES string of the molecule is CCCNCc1cc(CN2CCC(CCC)C2)on1. The minimum atomic E-state index is 0.815. The van der Waals surface area contributed by atoms with Crippen LogP contribution in [-0.2, 0) is 13.1 Å². The van der Waals surface area contributed by atoms with Gasteiger partial charge in [-0.05, 0) is 38.3 Å². The van der Waals surface area contributed by atoms with Gasteiger partial charge in [0, 0.05) is 19.2 Å². The fourth-order valence-corrected chi connectivity index (χ4v) is 2.83. The van der Waals surface area contributed by atoms with Crippen molar-refractivity contribution in [3.8, 4) is 0 Å². The van der Waals surface area contributed by atoms with Crippen LogP contribution in [0, 0.1) is 5.92 Å². The molecule has 1 N–H and O–H groups in total. The van der Waals surface area contributed by atoms with Crippen LogP contribution >= 0.6 is 0 Å². The number of hydrogen-bond donors (Lipinski definition) is 1. The van der Waals surface area contributed by atoms with E-state index in [1.807, 2.05) is 0 Å². The summed E-state index contributed by atoms with van der Waals surface area (Å²) in [5.41, 5.74) is 1.02. The number of rotatable bonds is 8. The van der Waals surface area contributed by atoms with E-state index in [4.69, 9.17) is 4.52 Å². The summed E-state index contributed by atoms with van der Waals surface area (Å²) in [4.78, 5) is 2.49. The van der Waals surface area contributed by atoms with Crippen LogP contribution in [0.1, 0.15) is 51.0 Å². The number of nitrogens with zero attached hydrogens (tertiary/aromatic N) is 2. The molecule has 0 radical (unpaired) electrons. The molecule has 0 saturated carbocycles. The molecule has 19 heavy (non-hydrogen) atoms. The maximum Gasteiger partial charge on any atom is 0.151 e. The lowest BCUT2D eigenvalue weighted by Gasteiger charge is -2.13. The van der Waals surface area contributed by atoms with Crippen molar-refractivity contribution in [2.45, 2.75) is 52.6 Å². The lowest BCUT2D eigenvalue weighted by Crippen LogP contribution is -2.19. The molecule has 1 aliphatic rings. The van der Waals surface area contributed by atoms with E-state index in [0.717, 1.165) is 43.4 Å². The van der Waals surface area contributed by atoms with Gasteiger partial charge in [0.2, 0.25) is 0 Å². The Bertz CT molecular complexity index is 364. The van der Waals surface area contributed by atoms with Crippen LogP contribution in [0.5, 0.6) is 0 Å². The first kappa shape index (κ1) is 14.5. The molecule has 2 heterocycles.